The molecule has 0 aliphatic rings. The smallest absolute Gasteiger partial charge is 0.263 e. The molecule has 1 N–H and O–H groups in total. The first-order valence-corrected chi connectivity index (χ1v) is 11.7. The number of hydrogen-bond acceptors (Lipinski definition) is 5. The molecule has 0 bridgehead atoms. The highest BCUT2D eigenvalue weighted by Gasteiger charge is 2.16. The summed E-state index contributed by atoms with van der Waals surface area (Å²) in [7, 11) is 0. The molecule has 4 aromatic rings. The fraction of sp³-hybridized carbons (Fsp3) is 0.280. The normalized spacial score (nSPS) is 12.4. The minimum absolute atomic E-state index is 0.109. The summed E-state index contributed by atoms with van der Waals surface area (Å²) in [6, 6.07) is 17.7. The van der Waals surface area contributed by atoms with Gasteiger partial charge >= 0.3 is 0 Å². The first-order chi connectivity index (χ1) is 15.4. The van der Waals surface area contributed by atoms with Crippen LogP contribution >= 0.6 is 11.8 Å². The summed E-state index contributed by atoms with van der Waals surface area (Å²) in [6.07, 6.45) is 1.62. The summed E-state index contributed by atoms with van der Waals surface area (Å²) in [4.78, 5) is 34.4. The van der Waals surface area contributed by atoms with Gasteiger partial charge in [0.2, 0.25) is 5.91 Å². The zero-order valence-electron chi connectivity index (χ0n) is 18.4. The van der Waals surface area contributed by atoms with E-state index in [1.54, 1.807) is 22.9 Å². The minimum atomic E-state index is -0.128. The number of fused-ring (bicyclic) bond motifs is 2. The lowest BCUT2D eigenvalue weighted by Gasteiger charge is -2.16. The second kappa shape index (κ2) is 9.53. The zero-order chi connectivity index (χ0) is 22.7. The Balaban J connectivity index is 1.49. The van der Waals surface area contributed by atoms with Crippen LogP contribution in [0.15, 0.2) is 70.7 Å². The predicted molar refractivity (Wildman–Crippen MR) is 130 cm³/mol. The van der Waals surface area contributed by atoms with Crippen molar-refractivity contribution in [2.45, 2.75) is 38.5 Å². The number of carbonyl (C=O) groups excluding carboxylic acids is 1. The SMILES string of the molecule is CC(C)Cn1c(SCC(=O)N[C@@H](C)c2ccc3ccccc3c2)nc2ncccc2c1=O. The highest BCUT2D eigenvalue weighted by Crippen LogP contribution is 2.21. The van der Waals surface area contributed by atoms with Crippen molar-refractivity contribution in [2.24, 2.45) is 5.92 Å². The Bertz CT molecular complexity index is 1330. The molecule has 32 heavy (non-hydrogen) atoms. The molecule has 0 spiro atoms. The number of carbonyl (C=O) groups is 1. The van der Waals surface area contributed by atoms with E-state index >= 15 is 0 Å². The van der Waals surface area contributed by atoms with Crippen molar-refractivity contribution in [1.29, 1.82) is 0 Å². The molecule has 7 heteroatoms. The Hall–Kier alpha value is -3.19. The van der Waals surface area contributed by atoms with Gasteiger partial charge in [0.05, 0.1) is 17.2 Å². The molecule has 2 heterocycles. The van der Waals surface area contributed by atoms with Crippen LogP contribution in [0.1, 0.15) is 32.4 Å². The molecule has 2 aromatic heterocycles. The number of pyridine rings is 1. The summed E-state index contributed by atoms with van der Waals surface area (Å²) < 4.78 is 1.65. The maximum atomic E-state index is 13.0. The van der Waals surface area contributed by atoms with Crippen LogP contribution in [-0.2, 0) is 11.3 Å². The van der Waals surface area contributed by atoms with Crippen molar-refractivity contribution in [1.82, 2.24) is 19.9 Å². The van der Waals surface area contributed by atoms with Gasteiger partial charge in [0.1, 0.15) is 0 Å². The fourth-order valence-corrected chi connectivity index (χ4v) is 4.45. The molecule has 1 atom stereocenters. The van der Waals surface area contributed by atoms with Crippen molar-refractivity contribution < 1.29 is 4.79 Å². The number of aromatic nitrogens is 3. The molecule has 0 aliphatic heterocycles. The lowest BCUT2D eigenvalue weighted by Crippen LogP contribution is -2.29. The number of rotatable bonds is 7. The molecule has 0 radical (unpaired) electrons. The molecule has 0 unspecified atom stereocenters. The standard InChI is InChI=1S/C25H26N4O2S/c1-16(2)14-29-24(31)21-9-6-12-26-23(21)28-25(29)32-15-22(30)27-17(3)19-11-10-18-7-4-5-8-20(18)13-19/h4-13,16-17H,14-15H2,1-3H3,(H,27,30)/t17-/m0/s1. The van der Waals surface area contributed by atoms with Crippen LogP contribution in [0.4, 0.5) is 0 Å². The lowest BCUT2D eigenvalue weighted by atomic mass is 10.0. The van der Waals surface area contributed by atoms with Crippen LogP contribution in [0.3, 0.4) is 0 Å². The van der Waals surface area contributed by atoms with Crippen molar-refractivity contribution in [3.05, 3.63) is 76.7 Å². The van der Waals surface area contributed by atoms with Crippen LogP contribution in [0, 0.1) is 5.92 Å². The molecule has 0 aliphatic carbocycles. The van der Waals surface area contributed by atoms with Crippen molar-refractivity contribution in [2.75, 3.05) is 5.75 Å². The second-order valence-electron chi connectivity index (χ2n) is 8.26. The Morgan fingerprint density at radius 1 is 1.06 bits per heavy atom. The van der Waals surface area contributed by atoms with Gasteiger partial charge in [0.15, 0.2) is 10.8 Å². The summed E-state index contributed by atoms with van der Waals surface area (Å²) in [6.45, 7) is 6.60. The molecule has 0 saturated heterocycles. The third-order valence-corrected chi connectivity index (χ3v) is 6.20. The second-order valence-corrected chi connectivity index (χ2v) is 9.21. The van der Waals surface area contributed by atoms with Crippen molar-refractivity contribution in [3.8, 4) is 0 Å². The molecular formula is C25H26N4O2S. The van der Waals surface area contributed by atoms with E-state index in [1.165, 1.54) is 17.1 Å². The Morgan fingerprint density at radius 3 is 2.62 bits per heavy atom. The quantitative estimate of drug-likeness (QED) is 0.332. The number of thioether (sulfide) groups is 1. The van der Waals surface area contributed by atoms with E-state index in [0.29, 0.717) is 22.7 Å². The number of nitrogens with one attached hydrogen (secondary N) is 1. The van der Waals surface area contributed by atoms with E-state index in [0.717, 1.165) is 10.9 Å². The number of amides is 1. The highest BCUT2D eigenvalue weighted by molar-refractivity contribution is 7.99. The molecule has 6 nitrogen and oxygen atoms in total. The summed E-state index contributed by atoms with van der Waals surface area (Å²) >= 11 is 1.27. The first kappa shape index (κ1) is 22.0. The van der Waals surface area contributed by atoms with E-state index in [-0.39, 0.29) is 29.2 Å². The Morgan fingerprint density at radius 2 is 1.84 bits per heavy atom. The van der Waals surface area contributed by atoms with E-state index in [9.17, 15) is 9.59 Å². The van der Waals surface area contributed by atoms with Gasteiger partial charge in [0.25, 0.3) is 5.56 Å². The fourth-order valence-electron chi connectivity index (χ4n) is 3.65. The van der Waals surface area contributed by atoms with Crippen molar-refractivity contribution in [3.63, 3.8) is 0 Å². The average Bonchev–Trinajstić information content (AvgIpc) is 2.79. The van der Waals surface area contributed by atoms with Crippen LogP contribution in [0.25, 0.3) is 21.8 Å². The van der Waals surface area contributed by atoms with E-state index in [1.807, 2.05) is 39.0 Å². The topological polar surface area (TPSA) is 76.9 Å². The summed E-state index contributed by atoms with van der Waals surface area (Å²) in [5.74, 6) is 0.327. The third-order valence-electron chi connectivity index (χ3n) is 5.23. The molecule has 164 valence electrons. The first-order valence-electron chi connectivity index (χ1n) is 10.7. The van der Waals surface area contributed by atoms with Crippen LogP contribution < -0.4 is 10.9 Å². The number of hydrogen-bond donors (Lipinski definition) is 1. The van der Waals surface area contributed by atoms with Crippen molar-refractivity contribution >= 4 is 39.5 Å². The molecule has 0 saturated carbocycles. The molecule has 4 rings (SSSR count). The minimum Gasteiger partial charge on any atom is -0.349 e. The van der Waals surface area contributed by atoms with Crippen LogP contribution in [0.2, 0.25) is 0 Å². The van der Waals surface area contributed by atoms with E-state index in [4.69, 9.17) is 0 Å². The third kappa shape index (κ3) is 4.83. The van der Waals surface area contributed by atoms with Crippen LogP contribution in [0.5, 0.6) is 0 Å². The number of nitrogens with zero attached hydrogens (tertiary/aromatic N) is 3. The largest absolute Gasteiger partial charge is 0.349 e. The van der Waals surface area contributed by atoms with E-state index in [2.05, 4.69) is 39.6 Å². The van der Waals surface area contributed by atoms with Gasteiger partial charge in [-0.3, -0.25) is 14.2 Å². The summed E-state index contributed by atoms with van der Waals surface area (Å²) in [5, 5.41) is 6.38. The lowest BCUT2D eigenvalue weighted by molar-refractivity contribution is -0.119. The van der Waals surface area contributed by atoms with Gasteiger partial charge in [-0.1, -0.05) is 62.0 Å². The average molecular weight is 447 g/mol. The Labute approximate surface area is 191 Å². The van der Waals surface area contributed by atoms with Gasteiger partial charge < -0.3 is 5.32 Å². The van der Waals surface area contributed by atoms with E-state index < -0.39 is 0 Å². The maximum absolute atomic E-state index is 13.0. The summed E-state index contributed by atoms with van der Waals surface area (Å²) in [5.41, 5.74) is 1.33. The van der Waals surface area contributed by atoms with Gasteiger partial charge in [-0.05, 0) is 47.4 Å². The molecule has 0 fully saturated rings. The van der Waals surface area contributed by atoms with Gasteiger partial charge in [-0.2, -0.15) is 0 Å². The highest BCUT2D eigenvalue weighted by atomic mass is 32.2. The Kier molecular flexibility index (Phi) is 6.55. The molecule has 1 amide bonds. The monoisotopic (exact) mass is 446 g/mol. The van der Waals surface area contributed by atoms with Crippen LogP contribution in [-0.4, -0.2) is 26.2 Å². The van der Waals surface area contributed by atoms with Gasteiger partial charge in [0, 0.05) is 12.7 Å². The molecular weight excluding hydrogens is 420 g/mol. The zero-order valence-corrected chi connectivity index (χ0v) is 19.2. The molecule has 2 aromatic carbocycles. The maximum Gasteiger partial charge on any atom is 0.263 e. The van der Waals surface area contributed by atoms with Gasteiger partial charge in [-0.25, -0.2) is 9.97 Å². The number of benzene rings is 2. The predicted octanol–water partition coefficient (Wildman–Crippen LogP) is 4.57. The van der Waals surface area contributed by atoms with Gasteiger partial charge in [-0.15, -0.1) is 0 Å².